The van der Waals surface area contributed by atoms with Gasteiger partial charge in [0, 0.05) is 13.3 Å². The van der Waals surface area contributed by atoms with Gasteiger partial charge in [-0.3, -0.25) is 4.57 Å². The minimum atomic E-state index is -3.19. The van der Waals surface area contributed by atoms with Gasteiger partial charge in [-0.05, 0) is 6.42 Å². The SMILES string of the molecule is CCCCP(=O)(O)OC.Cl. The van der Waals surface area contributed by atoms with E-state index in [0.29, 0.717) is 0 Å². The molecule has 0 aliphatic heterocycles. The third kappa shape index (κ3) is 6.56. The minimum absolute atomic E-state index is 0. The Kier molecular flexibility index (Phi) is 8.06. The van der Waals surface area contributed by atoms with Crippen molar-refractivity contribution in [2.45, 2.75) is 19.8 Å². The lowest BCUT2D eigenvalue weighted by Gasteiger charge is -2.05. The van der Waals surface area contributed by atoms with Gasteiger partial charge < -0.3 is 9.42 Å². The van der Waals surface area contributed by atoms with Crippen LogP contribution in [0.25, 0.3) is 0 Å². The number of unbranched alkanes of at least 4 members (excludes halogenated alkanes) is 1. The Morgan fingerprint density at radius 1 is 1.60 bits per heavy atom. The summed E-state index contributed by atoms with van der Waals surface area (Å²) in [6.45, 7) is 1.97. The summed E-state index contributed by atoms with van der Waals surface area (Å²) in [5.74, 6) is 0. The van der Waals surface area contributed by atoms with Crippen molar-refractivity contribution in [3.8, 4) is 0 Å². The Balaban J connectivity index is 0. The van der Waals surface area contributed by atoms with E-state index < -0.39 is 7.60 Å². The summed E-state index contributed by atoms with van der Waals surface area (Å²) < 4.78 is 15.0. The Morgan fingerprint density at radius 3 is 2.40 bits per heavy atom. The highest BCUT2D eigenvalue weighted by Crippen LogP contribution is 2.41. The first kappa shape index (κ1) is 13.1. The second kappa shape index (κ2) is 6.17. The molecule has 10 heavy (non-hydrogen) atoms. The van der Waals surface area contributed by atoms with Gasteiger partial charge >= 0.3 is 7.60 Å². The molecule has 0 aromatic rings. The molecule has 0 saturated carbocycles. The average molecular weight is 189 g/mol. The van der Waals surface area contributed by atoms with E-state index in [-0.39, 0.29) is 18.6 Å². The zero-order valence-corrected chi connectivity index (χ0v) is 7.95. The van der Waals surface area contributed by atoms with Crippen LogP contribution in [0.4, 0.5) is 0 Å². The molecule has 0 fully saturated rings. The molecule has 0 saturated heterocycles. The second-order valence-electron chi connectivity index (χ2n) is 1.90. The van der Waals surface area contributed by atoms with Crippen LogP contribution in [0.1, 0.15) is 19.8 Å². The Bertz CT molecular complexity index is 117. The van der Waals surface area contributed by atoms with Crippen LogP contribution >= 0.6 is 20.0 Å². The van der Waals surface area contributed by atoms with Gasteiger partial charge in [0.2, 0.25) is 0 Å². The van der Waals surface area contributed by atoms with Gasteiger partial charge in [0.15, 0.2) is 0 Å². The van der Waals surface area contributed by atoms with E-state index in [1.54, 1.807) is 0 Å². The van der Waals surface area contributed by atoms with Gasteiger partial charge in [-0.1, -0.05) is 13.3 Å². The van der Waals surface area contributed by atoms with Crippen LogP contribution in [0, 0.1) is 0 Å². The molecule has 3 nitrogen and oxygen atoms in total. The van der Waals surface area contributed by atoms with Crippen molar-refractivity contribution in [1.82, 2.24) is 0 Å². The van der Waals surface area contributed by atoms with E-state index in [2.05, 4.69) is 4.52 Å². The van der Waals surface area contributed by atoms with E-state index in [1.165, 1.54) is 7.11 Å². The van der Waals surface area contributed by atoms with Gasteiger partial charge in [0.1, 0.15) is 0 Å². The minimum Gasteiger partial charge on any atom is -0.324 e. The van der Waals surface area contributed by atoms with Crippen LogP contribution in [-0.4, -0.2) is 18.2 Å². The highest BCUT2D eigenvalue weighted by atomic mass is 35.5. The van der Waals surface area contributed by atoms with Crippen molar-refractivity contribution in [2.75, 3.05) is 13.3 Å². The van der Waals surface area contributed by atoms with E-state index in [1.807, 2.05) is 6.92 Å². The standard InChI is InChI=1S/C5H13O3P.ClH/c1-3-4-5-9(6,7)8-2;/h3-5H2,1-2H3,(H,6,7);1H. The lowest BCUT2D eigenvalue weighted by molar-refractivity contribution is 0.314. The van der Waals surface area contributed by atoms with Gasteiger partial charge in [-0.15, -0.1) is 12.4 Å². The maximum atomic E-state index is 10.7. The lowest BCUT2D eigenvalue weighted by atomic mass is 10.4. The first-order chi connectivity index (χ1) is 4.12. The summed E-state index contributed by atoms with van der Waals surface area (Å²) in [6, 6.07) is 0. The molecule has 0 bridgehead atoms. The lowest BCUT2D eigenvalue weighted by Crippen LogP contribution is -1.89. The van der Waals surface area contributed by atoms with Crippen molar-refractivity contribution >= 4 is 20.0 Å². The fourth-order valence-corrected chi connectivity index (χ4v) is 1.35. The molecule has 0 aromatic heterocycles. The molecule has 64 valence electrons. The fraction of sp³-hybridized carbons (Fsp3) is 1.00. The molecule has 0 aliphatic rings. The number of halogens is 1. The molecule has 0 aromatic carbocycles. The van der Waals surface area contributed by atoms with Crippen molar-refractivity contribution in [3.05, 3.63) is 0 Å². The number of hydrogen-bond acceptors (Lipinski definition) is 2. The predicted octanol–water partition coefficient (Wildman–Crippen LogP) is 2.04. The first-order valence-corrected chi connectivity index (χ1v) is 4.76. The zero-order valence-electron chi connectivity index (χ0n) is 6.24. The average Bonchev–Trinajstić information content (AvgIpc) is 1.84. The highest BCUT2D eigenvalue weighted by Gasteiger charge is 2.14. The molecular weight excluding hydrogens is 174 g/mol. The molecule has 1 atom stereocenters. The highest BCUT2D eigenvalue weighted by molar-refractivity contribution is 7.52. The van der Waals surface area contributed by atoms with Crippen LogP contribution in [-0.2, 0) is 9.09 Å². The first-order valence-electron chi connectivity index (χ1n) is 3.00. The number of hydrogen-bond donors (Lipinski definition) is 1. The van der Waals surface area contributed by atoms with E-state index in [9.17, 15) is 4.57 Å². The molecule has 5 heteroatoms. The largest absolute Gasteiger partial charge is 0.327 e. The normalized spacial score (nSPS) is 15.5. The monoisotopic (exact) mass is 188 g/mol. The third-order valence-corrected chi connectivity index (χ3v) is 2.53. The molecule has 0 rings (SSSR count). The van der Waals surface area contributed by atoms with Crippen molar-refractivity contribution < 1.29 is 14.0 Å². The summed E-state index contributed by atoms with van der Waals surface area (Å²) >= 11 is 0. The summed E-state index contributed by atoms with van der Waals surface area (Å²) in [5, 5.41) is 0. The maximum absolute atomic E-state index is 10.7. The molecule has 0 aliphatic carbocycles. The molecular formula is C5H14ClO3P. The van der Waals surface area contributed by atoms with Crippen molar-refractivity contribution in [1.29, 1.82) is 0 Å². The molecule has 0 amide bonds. The third-order valence-electron chi connectivity index (χ3n) is 1.08. The Morgan fingerprint density at radius 2 is 2.10 bits per heavy atom. The van der Waals surface area contributed by atoms with Crippen LogP contribution in [0.5, 0.6) is 0 Å². The summed E-state index contributed by atoms with van der Waals surface area (Å²) in [6.07, 6.45) is 1.95. The van der Waals surface area contributed by atoms with E-state index in [0.717, 1.165) is 12.8 Å². The zero-order chi connectivity index (χ0) is 7.33. The second-order valence-corrected chi connectivity index (χ2v) is 3.98. The van der Waals surface area contributed by atoms with Crippen LogP contribution in [0.3, 0.4) is 0 Å². The topological polar surface area (TPSA) is 46.5 Å². The fourth-order valence-electron chi connectivity index (χ4n) is 0.449. The summed E-state index contributed by atoms with van der Waals surface area (Å²) in [7, 11) is -1.93. The molecule has 0 radical (unpaired) electrons. The summed E-state index contributed by atoms with van der Waals surface area (Å²) in [5.41, 5.74) is 0. The Hall–Kier alpha value is 0.440. The molecule has 0 spiro atoms. The molecule has 0 heterocycles. The smallest absolute Gasteiger partial charge is 0.324 e. The van der Waals surface area contributed by atoms with Crippen LogP contribution in [0.2, 0.25) is 0 Å². The van der Waals surface area contributed by atoms with Crippen molar-refractivity contribution in [3.63, 3.8) is 0 Å². The van der Waals surface area contributed by atoms with Gasteiger partial charge in [0.05, 0.1) is 0 Å². The van der Waals surface area contributed by atoms with E-state index >= 15 is 0 Å². The molecule has 1 N–H and O–H groups in total. The number of rotatable bonds is 4. The maximum Gasteiger partial charge on any atom is 0.327 e. The predicted molar refractivity (Wildman–Crippen MR) is 43.9 cm³/mol. The van der Waals surface area contributed by atoms with Crippen LogP contribution < -0.4 is 0 Å². The summed E-state index contributed by atoms with van der Waals surface area (Å²) in [4.78, 5) is 8.79. The van der Waals surface area contributed by atoms with Gasteiger partial charge in [-0.25, -0.2) is 0 Å². The Labute approximate surface area is 67.7 Å². The van der Waals surface area contributed by atoms with E-state index in [4.69, 9.17) is 4.89 Å². The van der Waals surface area contributed by atoms with Gasteiger partial charge in [0.25, 0.3) is 0 Å². The van der Waals surface area contributed by atoms with Crippen molar-refractivity contribution in [2.24, 2.45) is 0 Å². The van der Waals surface area contributed by atoms with Gasteiger partial charge in [-0.2, -0.15) is 0 Å². The quantitative estimate of drug-likeness (QED) is 0.687. The molecule has 1 unspecified atom stereocenters. The van der Waals surface area contributed by atoms with Crippen LogP contribution in [0.15, 0.2) is 0 Å².